The number of hydrogen-bond donors (Lipinski definition) is 0. The predicted molar refractivity (Wildman–Crippen MR) is 113 cm³/mol. The molecule has 30 heavy (non-hydrogen) atoms. The highest BCUT2D eigenvalue weighted by molar-refractivity contribution is 5.95. The minimum absolute atomic E-state index is 0.0227. The smallest absolute Gasteiger partial charge is 0.222 e. The second-order valence-corrected chi connectivity index (χ2v) is 7.25. The average Bonchev–Trinajstić information content (AvgIpc) is 3.20. The van der Waals surface area contributed by atoms with E-state index in [4.69, 9.17) is 14.2 Å². The van der Waals surface area contributed by atoms with Gasteiger partial charge in [-0.2, -0.15) is 0 Å². The third-order valence-corrected chi connectivity index (χ3v) is 4.99. The van der Waals surface area contributed by atoms with Crippen LogP contribution in [0.3, 0.4) is 0 Å². The monoisotopic (exact) mass is 417 g/mol. The van der Waals surface area contributed by atoms with Crippen molar-refractivity contribution < 1.29 is 23.0 Å². The van der Waals surface area contributed by atoms with Crippen molar-refractivity contribution in [3.8, 4) is 11.5 Å². The molecule has 2 aromatic carbocycles. The van der Waals surface area contributed by atoms with Crippen molar-refractivity contribution in [2.75, 3.05) is 19.8 Å². The Morgan fingerprint density at radius 3 is 2.50 bits per heavy atom. The van der Waals surface area contributed by atoms with Crippen LogP contribution in [-0.4, -0.2) is 25.7 Å². The molecule has 0 N–H and O–H groups in total. The fraction of sp³-hybridized carbons (Fsp3) is 0.458. The summed E-state index contributed by atoms with van der Waals surface area (Å²) in [4.78, 5) is 4.42. The Morgan fingerprint density at radius 2 is 1.77 bits per heavy atom. The molecule has 4 nitrogen and oxygen atoms in total. The maximum absolute atomic E-state index is 14.1. The molecule has 3 rings (SSSR count). The van der Waals surface area contributed by atoms with Crippen LogP contribution in [-0.2, 0) is 4.74 Å². The maximum Gasteiger partial charge on any atom is 0.222 e. The van der Waals surface area contributed by atoms with Crippen molar-refractivity contribution in [2.45, 2.75) is 52.0 Å². The minimum Gasteiger partial charge on any atom is -0.493 e. The molecule has 0 aliphatic carbocycles. The molecule has 2 aromatic rings. The number of halogens is 2. The van der Waals surface area contributed by atoms with Crippen molar-refractivity contribution in [1.82, 2.24) is 0 Å². The molecule has 1 unspecified atom stereocenters. The van der Waals surface area contributed by atoms with Gasteiger partial charge < -0.3 is 14.2 Å². The lowest BCUT2D eigenvalue weighted by atomic mass is 10.1. The molecule has 1 aliphatic rings. The molecular formula is C24H29F2NO3. The molecule has 0 radical (unpaired) electrons. The van der Waals surface area contributed by atoms with Crippen molar-refractivity contribution >= 4 is 5.90 Å². The number of nitrogens with zero attached hydrogens (tertiary/aromatic N) is 1. The van der Waals surface area contributed by atoms with E-state index in [1.165, 1.54) is 37.5 Å². The summed E-state index contributed by atoms with van der Waals surface area (Å²) in [5.41, 5.74) is 0.569. The normalized spacial score (nSPS) is 15.6. The van der Waals surface area contributed by atoms with Crippen molar-refractivity contribution in [2.24, 2.45) is 4.99 Å². The fourth-order valence-corrected chi connectivity index (χ4v) is 3.43. The molecule has 162 valence electrons. The number of unbranched alkanes of at least 4 members (excludes halogenated alkanes) is 4. The van der Waals surface area contributed by atoms with Crippen molar-refractivity contribution in [3.63, 3.8) is 0 Å². The van der Waals surface area contributed by atoms with E-state index in [2.05, 4.69) is 11.9 Å². The summed E-state index contributed by atoms with van der Waals surface area (Å²) in [6.07, 6.45) is 5.88. The summed E-state index contributed by atoms with van der Waals surface area (Å²) in [5.74, 6) is -0.0239. The van der Waals surface area contributed by atoms with Crippen LogP contribution in [0.25, 0.3) is 0 Å². The molecular weight excluding hydrogens is 388 g/mol. The highest BCUT2D eigenvalue weighted by Gasteiger charge is 2.28. The highest BCUT2D eigenvalue weighted by Crippen LogP contribution is 2.35. The lowest BCUT2D eigenvalue weighted by molar-refractivity contribution is 0.292. The van der Waals surface area contributed by atoms with E-state index >= 15 is 0 Å². The molecule has 0 fully saturated rings. The van der Waals surface area contributed by atoms with E-state index in [0.29, 0.717) is 19.0 Å². The number of rotatable bonds is 11. The summed E-state index contributed by atoms with van der Waals surface area (Å²) < 4.78 is 45.3. The number of ether oxygens (including phenoxy) is 3. The first-order valence-electron chi connectivity index (χ1n) is 10.7. The summed E-state index contributed by atoms with van der Waals surface area (Å²) >= 11 is 0. The Morgan fingerprint density at radius 1 is 1.00 bits per heavy atom. The molecule has 6 heteroatoms. The third kappa shape index (κ3) is 5.49. The van der Waals surface area contributed by atoms with E-state index in [0.717, 1.165) is 24.2 Å². The van der Waals surface area contributed by atoms with Crippen LogP contribution in [0.2, 0.25) is 0 Å². The van der Waals surface area contributed by atoms with Crippen LogP contribution in [0, 0.1) is 11.6 Å². The van der Waals surface area contributed by atoms with Gasteiger partial charge in [0.1, 0.15) is 41.3 Å². The zero-order valence-corrected chi connectivity index (χ0v) is 17.6. The number of benzene rings is 2. The quantitative estimate of drug-likeness (QED) is 0.407. The SMILES string of the molecule is CCCCCCCOc1ccc(C2COC(c3c(F)cccc3F)=N2)c(OCC)c1. The Balaban J connectivity index is 1.71. The van der Waals surface area contributed by atoms with E-state index in [-0.39, 0.29) is 18.1 Å². The second kappa shape index (κ2) is 11.0. The van der Waals surface area contributed by atoms with E-state index in [9.17, 15) is 8.78 Å². The second-order valence-electron chi connectivity index (χ2n) is 7.25. The minimum atomic E-state index is -0.692. The summed E-state index contributed by atoms with van der Waals surface area (Å²) in [7, 11) is 0. The lowest BCUT2D eigenvalue weighted by Gasteiger charge is -2.15. The first kappa shape index (κ1) is 22.1. The van der Waals surface area contributed by atoms with Crippen LogP contribution in [0.5, 0.6) is 11.5 Å². The first-order chi connectivity index (χ1) is 14.6. The van der Waals surface area contributed by atoms with Crippen LogP contribution >= 0.6 is 0 Å². The molecule has 0 aromatic heterocycles. The van der Waals surface area contributed by atoms with Crippen molar-refractivity contribution in [3.05, 3.63) is 59.2 Å². The molecule has 1 heterocycles. The van der Waals surface area contributed by atoms with Gasteiger partial charge in [-0.1, -0.05) is 38.7 Å². The summed E-state index contributed by atoms with van der Waals surface area (Å²) in [6, 6.07) is 8.91. The Kier molecular flexibility index (Phi) is 8.05. The number of hydrogen-bond acceptors (Lipinski definition) is 4. The van der Waals surface area contributed by atoms with Gasteiger partial charge >= 0.3 is 0 Å². The van der Waals surface area contributed by atoms with Gasteiger partial charge in [0.05, 0.1) is 13.2 Å². The zero-order valence-electron chi connectivity index (χ0n) is 17.6. The predicted octanol–water partition coefficient (Wildman–Crippen LogP) is 6.23. The van der Waals surface area contributed by atoms with Gasteiger partial charge in [0, 0.05) is 11.6 Å². The lowest BCUT2D eigenvalue weighted by Crippen LogP contribution is -2.07. The fourth-order valence-electron chi connectivity index (χ4n) is 3.43. The molecule has 0 amide bonds. The third-order valence-electron chi connectivity index (χ3n) is 4.99. The van der Waals surface area contributed by atoms with Gasteiger partial charge in [-0.25, -0.2) is 13.8 Å². The Bertz CT molecular complexity index is 849. The standard InChI is InChI=1S/C24H29F2NO3/c1-3-5-6-7-8-14-29-17-12-13-18(22(15-17)28-4-2)21-16-30-24(27-21)23-19(25)10-9-11-20(23)26/h9-13,15,21H,3-8,14,16H2,1-2H3. The van der Waals surface area contributed by atoms with Gasteiger partial charge in [-0.3, -0.25) is 0 Å². The van der Waals surface area contributed by atoms with Crippen LogP contribution in [0.15, 0.2) is 41.4 Å². The summed E-state index contributed by atoms with van der Waals surface area (Å²) in [5, 5.41) is 0. The molecule has 0 saturated carbocycles. The van der Waals surface area contributed by atoms with Crippen LogP contribution in [0.4, 0.5) is 8.78 Å². The average molecular weight is 417 g/mol. The molecule has 1 atom stereocenters. The zero-order chi connectivity index (χ0) is 21.3. The maximum atomic E-state index is 14.1. The largest absolute Gasteiger partial charge is 0.493 e. The van der Waals surface area contributed by atoms with Gasteiger partial charge in [0.25, 0.3) is 0 Å². The summed E-state index contributed by atoms with van der Waals surface area (Å²) in [6.45, 7) is 5.44. The molecule has 0 saturated heterocycles. The molecule has 1 aliphatic heterocycles. The molecule has 0 spiro atoms. The Labute approximate surface area is 176 Å². The topological polar surface area (TPSA) is 40.0 Å². The molecule has 0 bridgehead atoms. The van der Waals surface area contributed by atoms with Gasteiger partial charge in [-0.15, -0.1) is 0 Å². The van der Waals surface area contributed by atoms with Gasteiger partial charge in [0.2, 0.25) is 5.90 Å². The van der Waals surface area contributed by atoms with Crippen LogP contribution in [0.1, 0.15) is 63.1 Å². The van der Waals surface area contributed by atoms with E-state index in [1.807, 2.05) is 25.1 Å². The van der Waals surface area contributed by atoms with Gasteiger partial charge in [0.15, 0.2) is 0 Å². The Hall–Kier alpha value is -2.63. The van der Waals surface area contributed by atoms with Gasteiger partial charge in [-0.05, 0) is 37.6 Å². The van der Waals surface area contributed by atoms with E-state index in [1.54, 1.807) is 0 Å². The van der Waals surface area contributed by atoms with Crippen molar-refractivity contribution in [1.29, 1.82) is 0 Å². The van der Waals surface area contributed by atoms with E-state index < -0.39 is 17.7 Å². The first-order valence-corrected chi connectivity index (χ1v) is 10.7. The highest BCUT2D eigenvalue weighted by atomic mass is 19.1. The number of aliphatic imine (C=N–C) groups is 1. The van der Waals surface area contributed by atoms with Crippen LogP contribution < -0.4 is 9.47 Å².